The van der Waals surface area contributed by atoms with Crippen molar-refractivity contribution in [2.75, 3.05) is 19.8 Å². The summed E-state index contributed by atoms with van der Waals surface area (Å²) < 4.78 is 4.72. The predicted octanol–water partition coefficient (Wildman–Crippen LogP) is 2.35. The average Bonchev–Trinajstić information content (AvgIpc) is 3.39. The number of unbranched alkanes of at least 4 members (excludes halogenated alkanes) is 2. The van der Waals surface area contributed by atoms with Gasteiger partial charge in [0.2, 0.25) is 11.8 Å². The van der Waals surface area contributed by atoms with Crippen molar-refractivity contribution in [3.05, 3.63) is 0 Å². The van der Waals surface area contributed by atoms with Gasteiger partial charge in [0.25, 0.3) is 0 Å². The van der Waals surface area contributed by atoms with Crippen molar-refractivity contribution in [1.82, 2.24) is 10.2 Å². The van der Waals surface area contributed by atoms with Crippen LogP contribution in [-0.4, -0.2) is 69.6 Å². The molecule has 8 heteroatoms. The van der Waals surface area contributed by atoms with E-state index in [0.29, 0.717) is 6.54 Å². The Bertz CT molecular complexity index is 689. The molecule has 3 fully saturated rings. The number of nitrogens with one attached hydrogen (secondary N) is 1. The molecule has 1 spiro atoms. The molecule has 3 aliphatic rings. The van der Waals surface area contributed by atoms with Crippen LogP contribution in [0.1, 0.15) is 66.2 Å². The third kappa shape index (κ3) is 4.10. The number of esters is 1. The SMILES string of the molecule is CCCCCNC(=O)C1N([C@@H](CO)[C@@H](C)CC)C(=O)[C@@H]2[C@H](C(=O)OCC)[C@@H]3CCC12S3. The van der Waals surface area contributed by atoms with Crippen molar-refractivity contribution in [2.24, 2.45) is 17.8 Å². The minimum absolute atomic E-state index is 0.0155. The van der Waals surface area contributed by atoms with Crippen molar-refractivity contribution in [2.45, 2.75) is 88.3 Å². The Morgan fingerprint density at radius 3 is 2.68 bits per heavy atom. The quantitative estimate of drug-likeness (QED) is 0.368. The average molecular weight is 455 g/mol. The maximum Gasteiger partial charge on any atom is 0.310 e. The second kappa shape index (κ2) is 10.1. The standard InChI is InChI=1S/C23H38N2O5S/c1-5-8-9-12-24-20(27)19-23-11-10-16(31-23)17(22(29)30-7-3)18(23)21(28)25(19)15(13-26)14(4)6-2/h14-19,26H,5-13H2,1-4H3,(H,24,27)/t14-,15-,16-,17+,18-,19?,23?/m0/s1. The summed E-state index contributed by atoms with van der Waals surface area (Å²) in [7, 11) is 0. The van der Waals surface area contributed by atoms with Crippen molar-refractivity contribution in [1.29, 1.82) is 0 Å². The predicted molar refractivity (Wildman–Crippen MR) is 120 cm³/mol. The largest absolute Gasteiger partial charge is 0.466 e. The van der Waals surface area contributed by atoms with Crippen LogP contribution in [0.4, 0.5) is 0 Å². The van der Waals surface area contributed by atoms with E-state index in [9.17, 15) is 19.5 Å². The minimum atomic E-state index is -0.660. The fourth-order valence-electron chi connectivity index (χ4n) is 5.75. The number of rotatable bonds is 11. The van der Waals surface area contributed by atoms with Crippen molar-refractivity contribution < 1.29 is 24.2 Å². The fourth-order valence-corrected chi connectivity index (χ4v) is 7.95. The van der Waals surface area contributed by atoms with Crippen LogP contribution < -0.4 is 5.32 Å². The number of aliphatic hydroxyl groups is 1. The van der Waals surface area contributed by atoms with Crippen molar-refractivity contribution in [3.63, 3.8) is 0 Å². The molecule has 3 heterocycles. The zero-order valence-electron chi connectivity index (χ0n) is 19.3. The number of nitrogens with zero attached hydrogens (tertiary/aromatic N) is 1. The maximum atomic E-state index is 13.8. The molecule has 0 aromatic carbocycles. The zero-order valence-corrected chi connectivity index (χ0v) is 20.1. The number of fused-ring (bicyclic) bond motifs is 1. The van der Waals surface area contributed by atoms with E-state index in [0.717, 1.165) is 38.5 Å². The van der Waals surface area contributed by atoms with Crippen molar-refractivity contribution in [3.8, 4) is 0 Å². The van der Waals surface area contributed by atoms with Gasteiger partial charge in [0.1, 0.15) is 6.04 Å². The third-order valence-corrected chi connectivity index (χ3v) is 9.42. The normalized spacial score (nSPS) is 33.3. The van der Waals surface area contributed by atoms with E-state index in [2.05, 4.69) is 12.2 Å². The van der Waals surface area contributed by atoms with Gasteiger partial charge < -0.3 is 20.1 Å². The number of carbonyl (C=O) groups is 3. The lowest BCUT2D eigenvalue weighted by Gasteiger charge is -2.39. The number of hydrogen-bond donors (Lipinski definition) is 2. The molecule has 3 aliphatic heterocycles. The van der Waals surface area contributed by atoms with Crippen LogP contribution in [0, 0.1) is 17.8 Å². The number of thioether (sulfide) groups is 1. The van der Waals surface area contributed by atoms with Gasteiger partial charge >= 0.3 is 5.97 Å². The summed E-state index contributed by atoms with van der Waals surface area (Å²) in [6.45, 7) is 8.57. The molecule has 2 N–H and O–H groups in total. The van der Waals surface area contributed by atoms with Gasteiger partial charge in [-0.25, -0.2) is 0 Å². The lowest BCUT2D eigenvalue weighted by atomic mass is 9.71. The highest BCUT2D eigenvalue weighted by atomic mass is 32.2. The molecule has 2 bridgehead atoms. The van der Waals surface area contributed by atoms with Crippen LogP contribution in [0.5, 0.6) is 0 Å². The molecule has 176 valence electrons. The number of likely N-dealkylation sites (tertiary alicyclic amines) is 1. The van der Waals surface area contributed by atoms with Gasteiger partial charge in [-0.05, 0) is 32.1 Å². The minimum Gasteiger partial charge on any atom is -0.466 e. The molecule has 3 rings (SSSR count). The molecule has 2 unspecified atom stereocenters. The highest BCUT2D eigenvalue weighted by Gasteiger charge is 2.74. The molecule has 0 aromatic heterocycles. The van der Waals surface area contributed by atoms with E-state index >= 15 is 0 Å². The molecule has 7 nitrogen and oxygen atoms in total. The molecular formula is C23H38N2O5S. The molecule has 0 saturated carbocycles. The Hall–Kier alpha value is -1.28. The first-order chi connectivity index (χ1) is 14.9. The number of carbonyl (C=O) groups excluding carboxylic acids is 3. The van der Waals surface area contributed by atoms with Crippen LogP contribution in [-0.2, 0) is 19.1 Å². The third-order valence-electron chi connectivity index (χ3n) is 7.47. The Morgan fingerprint density at radius 2 is 2.06 bits per heavy atom. The first-order valence-electron chi connectivity index (χ1n) is 11.9. The number of aliphatic hydroxyl groups excluding tert-OH is 1. The molecular weight excluding hydrogens is 416 g/mol. The van der Waals surface area contributed by atoms with Crippen LogP contribution in [0.3, 0.4) is 0 Å². The van der Waals surface area contributed by atoms with E-state index in [1.807, 2.05) is 13.8 Å². The summed E-state index contributed by atoms with van der Waals surface area (Å²) in [5, 5.41) is 13.3. The molecule has 0 aromatic rings. The summed E-state index contributed by atoms with van der Waals surface area (Å²) in [4.78, 5) is 41.8. The van der Waals surface area contributed by atoms with E-state index < -0.39 is 28.7 Å². The monoisotopic (exact) mass is 454 g/mol. The highest BCUT2D eigenvalue weighted by Crippen LogP contribution is 2.66. The smallest absolute Gasteiger partial charge is 0.310 e. The van der Waals surface area contributed by atoms with Crippen LogP contribution in [0.25, 0.3) is 0 Å². The Balaban J connectivity index is 1.97. The second-order valence-corrected chi connectivity index (χ2v) is 10.8. The molecule has 2 amide bonds. The van der Waals surface area contributed by atoms with E-state index in [1.54, 1.807) is 23.6 Å². The van der Waals surface area contributed by atoms with Crippen molar-refractivity contribution >= 4 is 29.5 Å². The second-order valence-electron chi connectivity index (χ2n) is 9.19. The molecule has 3 saturated heterocycles. The fraction of sp³-hybridized carbons (Fsp3) is 0.870. The van der Waals surface area contributed by atoms with Gasteiger partial charge in [0.15, 0.2) is 0 Å². The summed E-state index contributed by atoms with van der Waals surface area (Å²) in [6, 6.07) is -1.10. The topological polar surface area (TPSA) is 95.9 Å². The van der Waals surface area contributed by atoms with Gasteiger partial charge in [-0.1, -0.05) is 40.0 Å². The lowest BCUT2D eigenvalue weighted by molar-refractivity contribution is -0.154. The first kappa shape index (κ1) is 24.4. The molecule has 0 radical (unpaired) electrons. The Labute approximate surface area is 190 Å². The van der Waals surface area contributed by atoms with Crippen LogP contribution >= 0.6 is 11.8 Å². The summed E-state index contributed by atoms with van der Waals surface area (Å²) in [5.41, 5.74) is 0. The van der Waals surface area contributed by atoms with E-state index in [-0.39, 0.29) is 42.2 Å². The molecule has 7 atom stereocenters. The van der Waals surface area contributed by atoms with Crippen LogP contribution in [0.2, 0.25) is 0 Å². The number of ether oxygens (including phenoxy) is 1. The van der Waals surface area contributed by atoms with Gasteiger partial charge in [0.05, 0.1) is 35.8 Å². The lowest BCUT2D eigenvalue weighted by Crippen LogP contribution is -2.57. The van der Waals surface area contributed by atoms with Gasteiger partial charge in [0, 0.05) is 11.8 Å². The summed E-state index contributed by atoms with van der Waals surface area (Å²) in [6.07, 6.45) is 5.32. The van der Waals surface area contributed by atoms with Gasteiger partial charge in [-0.3, -0.25) is 14.4 Å². The number of amides is 2. The molecule has 0 aliphatic carbocycles. The zero-order chi connectivity index (χ0) is 22.8. The van der Waals surface area contributed by atoms with Gasteiger partial charge in [-0.2, -0.15) is 0 Å². The first-order valence-corrected chi connectivity index (χ1v) is 12.8. The molecule has 31 heavy (non-hydrogen) atoms. The van der Waals surface area contributed by atoms with E-state index in [1.165, 1.54) is 0 Å². The van der Waals surface area contributed by atoms with E-state index in [4.69, 9.17) is 4.74 Å². The highest BCUT2D eigenvalue weighted by molar-refractivity contribution is 8.02. The number of hydrogen-bond acceptors (Lipinski definition) is 6. The Morgan fingerprint density at radius 1 is 1.32 bits per heavy atom. The van der Waals surface area contributed by atoms with Gasteiger partial charge in [-0.15, -0.1) is 11.8 Å². The maximum absolute atomic E-state index is 13.8. The summed E-state index contributed by atoms with van der Waals surface area (Å²) >= 11 is 1.64. The summed E-state index contributed by atoms with van der Waals surface area (Å²) in [5.74, 6) is -1.66. The Kier molecular flexibility index (Phi) is 7.95. The van der Waals surface area contributed by atoms with Crippen LogP contribution in [0.15, 0.2) is 0 Å².